The van der Waals surface area contributed by atoms with Crippen molar-refractivity contribution in [3.8, 4) is 0 Å². The number of halogens is 1. The van der Waals surface area contributed by atoms with Crippen molar-refractivity contribution in [3.63, 3.8) is 0 Å². The molecule has 2 atom stereocenters. The highest BCUT2D eigenvalue weighted by Crippen LogP contribution is 2.38. The molecule has 1 N–H and O–H groups in total. The summed E-state index contributed by atoms with van der Waals surface area (Å²) in [6.07, 6.45) is 0.391. The predicted molar refractivity (Wildman–Crippen MR) is 75.4 cm³/mol. The van der Waals surface area contributed by atoms with E-state index in [-0.39, 0.29) is 5.54 Å². The van der Waals surface area contributed by atoms with Crippen LogP contribution in [-0.2, 0) is 4.74 Å². The zero-order valence-corrected chi connectivity index (χ0v) is 12.4. The average molecular weight is 290 g/mol. The zero-order chi connectivity index (χ0) is 13.2. The Labute approximate surface area is 117 Å². The van der Waals surface area contributed by atoms with E-state index in [2.05, 4.69) is 18.7 Å². The average Bonchev–Trinajstić information content (AvgIpc) is 2.84. The summed E-state index contributed by atoms with van der Waals surface area (Å²) in [6, 6.07) is 3.77. The maximum absolute atomic E-state index is 10.7. The van der Waals surface area contributed by atoms with Gasteiger partial charge in [0.05, 0.1) is 17.6 Å². The zero-order valence-electron chi connectivity index (χ0n) is 10.9. The number of rotatable bonds is 4. The third-order valence-corrected chi connectivity index (χ3v) is 5.19. The smallest absolute Gasteiger partial charge is 0.106 e. The molecule has 1 aliphatic heterocycles. The summed E-state index contributed by atoms with van der Waals surface area (Å²) in [5.41, 5.74) is -0.252. The van der Waals surface area contributed by atoms with Crippen LogP contribution in [0.2, 0.25) is 4.34 Å². The Morgan fingerprint density at radius 2 is 2.17 bits per heavy atom. The second-order valence-corrected chi connectivity index (χ2v) is 6.60. The minimum Gasteiger partial charge on any atom is -0.386 e. The molecular formula is C13H20ClNO2S. The fourth-order valence-corrected chi connectivity index (χ4v) is 3.64. The third kappa shape index (κ3) is 2.73. The van der Waals surface area contributed by atoms with Gasteiger partial charge in [-0.3, -0.25) is 4.90 Å². The standard InChI is InChI=1S/C13H20ClNO2S/c1-3-13(2,15-6-8-17-9-7-15)12(16)10-4-5-11(14)18-10/h4-5,12,16H,3,6-9H2,1-2H3. The van der Waals surface area contributed by atoms with Crippen molar-refractivity contribution in [2.45, 2.75) is 31.9 Å². The maximum Gasteiger partial charge on any atom is 0.106 e. The lowest BCUT2D eigenvalue weighted by molar-refractivity contribution is -0.0723. The minimum absolute atomic E-state index is 0.252. The Hall–Kier alpha value is -0.130. The summed E-state index contributed by atoms with van der Waals surface area (Å²) < 4.78 is 6.11. The molecule has 0 saturated carbocycles. The van der Waals surface area contributed by atoms with Gasteiger partial charge in [0.1, 0.15) is 6.10 Å². The Balaban J connectivity index is 2.19. The monoisotopic (exact) mass is 289 g/mol. The molecule has 2 unspecified atom stereocenters. The fourth-order valence-electron chi connectivity index (χ4n) is 2.45. The summed E-state index contributed by atoms with van der Waals surface area (Å²) in [6.45, 7) is 7.48. The summed E-state index contributed by atoms with van der Waals surface area (Å²) in [5, 5.41) is 10.7. The van der Waals surface area contributed by atoms with Gasteiger partial charge in [0, 0.05) is 23.5 Å². The molecule has 0 radical (unpaired) electrons. The minimum atomic E-state index is -0.502. The molecule has 1 aromatic rings. The first-order valence-corrected chi connectivity index (χ1v) is 7.53. The Morgan fingerprint density at radius 3 is 2.67 bits per heavy atom. The Bertz CT molecular complexity index is 392. The van der Waals surface area contributed by atoms with Crippen LogP contribution in [-0.4, -0.2) is 41.8 Å². The summed E-state index contributed by atoms with van der Waals surface area (Å²) in [4.78, 5) is 3.27. The van der Waals surface area contributed by atoms with Crippen molar-refractivity contribution >= 4 is 22.9 Å². The second-order valence-electron chi connectivity index (χ2n) is 4.85. The number of nitrogens with zero attached hydrogens (tertiary/aromatic N) is 1. The van der Waals surface area contributed by atoms with Gasteiger partial charge in [-0.15, -0.1) is 11.3 Å². The van der Waals surface area contributed by atoms with Crippen molar-refractivity contribution < 1.29 is 9.84 Å². The second kappa shape index (κ2) is 5.88. The van der Waals surface area contributed by atoms with Crippen LogP contribution in [0.3, 0.4) is 0 Å². The highest BCUT2D eigenvalue weighted by atomic mass is 35.5. The molecule has 2 heterocycles. The molecule has 0 amide bonds. The lowest BCUT2D eigenvalue weighted by atomic mass is 9.88. The van der Waals surface area contributed by atoms with E-state index in [1.54, 1.807) is 0 Å². The Kier molecular flexibility index (Phi) is 4.67. The van der Waals surface area contributed by atoms with Crippen LogP contribution in [0.5, 0.6) is 0 Å². The molecule has 1 saturated heterocycles. The van der Waals surface area contributed by atoms with Gasteiger partial charge in [-0.2, -0.15) is 0 Å². The molecule has 0 aromatic carbocycles. The number of thiophene rings is 1. The largest absolute Gasteiger partial charge is 0.386 e. The number of hydrogen-bond donors (Lipinski definition) is 1. The predicted octanol–water partition coefficient (Wildman–Crippen LogP) is 2.94. The molecule has 1 aromatic heterocycles. The number of morpholine rings is 1. The van der Waals surface area contributed by atoms with E-state index in [9.17, 15) is 5.11 Å². The fraction of sp³-hybridized carbons (Fsp3) is 0.692. The molecular weight excluding hydrogens is 270 g/mol. The van der Waals surface area contributed by atoms with Gasteiger partial charge >= 0.3 is 0 Å². The van der Waals surface area contributed by atoms with Crippen LogP contribution >= 0.6 is 22.9 Å². The van der Waals surface area contributed by atoms with Gasteiger partial charge in [0.2, 0.25) is 0 Å². The number of aliphatic hydroxyl groups excluding tert-OH is 1. The maximum atomic E-state index is 10.7. The molecule has 102 valence electrons. The molecule has 1 fully saturated rings. The molecule has 2 rings (SSSR count). The highest BCUT2D eigenvalue weighted by Gasteiger charge is 2.39. The number of hydrogen-bond acceptors (Lipinski definition) is 4. The van der Waals surface area contributed by atoms with Crippen molar-refractivity contribution in [2.75, 3.05) is 26.3 Å². The topological polar surface area (TPSA) is 32.7 Å². The normalized spacial score (nSPS) is 22.7. The number of ether oxygens (including phenoxy) is 1. The van der Waals surface area contributed by atoms with Crippen LogP contribution < -0.4 is 0 Å². The first-order valence-electron chi connectivity index (χ1n) is 6.34. The molecule has 3 nitrogen and oxygen atoms in total. The molecule has 0 bridgehead atoms. The molecule has 0 spiro atoms. The molecule has 5 heteroatoms. The van der Waals surface area contributed by atoms with E-state index in [1.807, 2.05) is 12.1 Å². The van der Waals surface area contributed by atoms with Crippen LogP contribution in [0.25, 0.3) is 0 Å². The van der Waals surface area contributed by atoms with Crippen molar-refractivity contribution in [1.82, 2.24) is 4.90 Å². The van der Waals surface area contributed by atoms with Gasteiger partial charge in [-0.25, -0.2) is 0 Å². The van der Waals surface area contributed by atoms with Gasteiger partial charge in [-0.1, -0.05) is 18.5 Å². The van der Waals surface area contributed by atoms with E-state index in [1.165, 1.54) is 11.3 Å². The summed E-state index contributed by atoms with van der Waals surface area (Å²) >= 11 is 7.42. The first-order chi connectivity index (χ1) is 8.58. The third-order valence-electron chi connectivity index (χ3n) is 3.90. The van der Waals surface area contributed by atoms with E-state index in [0.29, 0.717) is 0 Å². The van der Waals surface area contributed by atoms with Gasteiger partial charge in [-0.05, 0) is 25.5 Å². The first kappa shape index (κ1) is 14.3. The van der Waals surface area contributed by atoms with Gasteiger partial charge in [0.25, 0.3) is 0 Å². The van der Waals surface area contributed by atoms with Crippen LogP contribution in [0.4, 0.5) is 0 Å². The van der Waals surface area contributed by atoms with E-state index in [4.69, 9.17) is 16.3 Å². The lowest BCUT2D eigenvalue weighted by Crippen LogP contribution is -2.54. The van der Waals surface area contributed by atoms with Crippen molar-refractivity contribution in [3.05, 3.63) is 21.3 Å². The quantitative estimate of drug-likeness (QED) is 0.925. The lowest BCUT2D eigenvalue weighted by Gasteiger charge is -2.45. The van der Waals surface area contributed by atoms with Crippen molar-refractivity contribution in [1.29, 1.82) is 0 Å². The molecule has 1 aliphatic rings. The van der Waals surface area contributed by atoms with Crippen LogP contribution in [0, 0.1) is 0 Å². The van der Waals surface area contributed by atoms with Crippen molar-refractivity contribution in [2.24, 2.45) is 0 Å². The van der Waals surface area contributed by atoms with Gasteiger partial charge in [0.15, 0.2) is 0 Å². The van der Waals surface area contributed by atoms with E-state index >= 15 is 0 Å². The summed E-state index contributed by atoms with van der Waals surface area (Å²) in [5.74, 6) is 0. The molecule has 18 heavy (non-hydrogen) atoms. The van der Waals surface area contributed by atoms with Crippen LogP contribution in [0.15, 0.2) is 12.1 Å². The summed E-state index contributed by atoms with van der Waals surface area (Å²) in [7, 11) is 0. The highest BCUT2D eigenvalue weighted by molar-refractivity contribution is 7.16. The number of aliphatic hydroxyl groups is 1. The van der Waals surface area contributed by atoms with E-state index in [0.717, 1.165) is 41.9 Å². The van der Waals surface area contributed by atoms with Crippen LogP contribution in [0.1, 0.15) is 31.2 Å². The van der Waals surface area contributed by atoms with Gasteiger partial charge < -0.3 is 9.84 Å². The Morgan fingerprint density at radius 1 is 1.50 bits per heavy atom. The SMILES string of the molecule is CCC(C)(C(O)c1ccc(Cl)s1)N1CCOCC1. The van der Waals surface area contributed by atoms with E-state index < -0.39 is 6.10 Å². The molecule has 0 aliphatic carbocycles.